The first-order chi connectivity index (χ1) is 13.1. The highest BCUT2D eigenvalue weighted by Gasteiger charge is 2.16. The van der Waals surface area contributed by atoms with E-state index >= 15 is 0 Å². The van der Waals surface area contributed by atoms with Gasteiger partial charge in [0.15, 0.2) is 17.1 Å². The number of anilines is 1. The Balaban J connectivity index is 1.83. The highest BCUT2D eigenvalue weighted by Crippen LogP contribution is 2.38. The van der Waals surface area contributed by atoms with Crippen molar-refractivity contribution in [1.82, 2.24) is 4.98 Å². The van der Waals surface area contributed by atoms with Crippen molar-refractivity contribution in [3.05, 3.63) is 48.0 Å². The molecule has 0 aliphatic carbocycles. The highest BCUT2D eigenvalue weighted by molar-refractivity contribution is 6.02. The number of amides is 1. The molecule has 1 heterocycles. The van der Waals surface area contributed by atoms with Gasteiger partial charge in [0.1, 0.15) is 5.52 Å². The van der Waals surface area contributed by atoms with Gasteiger partial charge in [-0.25, -0.2) is 0 Å². The van der Waals surface area contributed by atoms with Gasteiger partial charge in [-0.3, -0.25) is 9.69 Å². The van der Waals surface area contributed by atoms with Crippen LogP contribution in [0.5, 0.6) is 17.2 Å². The van der Waals surface area contributed by atoms with Crippen LogP contribution in [0.2, 0.25) is 0 Å². The third-order valence-electron chi connectivity index (χ3n) is 4.01. The zero-order chi connectivity index (χ0) is 19.4. The van der Waals surface area contributed by atoms with Gasteiger partial charge in [-0.15, -0.1) is 0 Å². The normalized spacial score (nSPS) is 11.0. The number of nitrogens with zero attached hydrogens (tertiary/aromatic N) is 2. The molecule has 0 fully saturated rings. The molecule has 0 bridgehead atoms. The van der Waals surface area contributed by atoms with Gasteiger partial charge >= 0.3 is 6.01 Å². The van der Waals surface area contributed by atoms with Crippen molar-refractivity contribution in [3.8, 4) is 17.2 Å². The molecule has 0 N–H and O–H groups in total. The number of oxazole rings is 1. The summed E-state index contributed by atoms with van der Waals surface area (Å²) in [7, 11) is 6.22. The molecule has 3 aromatic rings. The lowest BCUT2D eigenvalue weighted by atomic mass is 10.1. The maximum absolute atomic E-state index is 12.5. The second-order valence-corrected chi connectivity index (χ2v) is 5.65. The van der Waals surface area contributed by atoms with Crippen LogP contribution in [0.15, 0.2) is 46.9 Å². The minimum absolute atomic E-state index is 0.232. The largest absolute Gasteiger partial charge is 0.493 e. The highest BCUT2D eigenvalue weighted by atomic mass is 16.5. The number of carbonyl (C=O) groups excluding carboxylic acids is 1. The van der Waals surface area contributed by atoms with Gasteiger partial charge in [0, 0.05) is 13.1 Å². The summed E-state index contributed by atoms with van der Waals surface area (Å²) in [5, 5.41) is 0. The fraction of sp³-hybridized carbons (Fsp3) is 0.200. The Kier molecular flexibility index (Phi) is 5.30. The summed E-state index contributed by atoms with van der Waals surface area (Å²) in [4.78, 5) is 18.1. The molecule has 0 atom stereocenters. The number of hydrogen-bond donors (Lipinski definition) is 0. The van der Waals surface area contributed by atoms with E-state index in [1.165, 1.54) is 32.3 Å². The zero-order valence-electron chi connectivity index (χ0n) is 15.6. The van der Waals surface area contributed by atoms with Gasteiger partial charge in [0.05, 0.1) is 21.3 Å². The van der Waals surface area contributed by atoms with Gasteiger partial charge in [0.25, 0.3) is 5.91 Å². The van der Waals surface area contributed by atoms with Crippen LogP contribution < -0.4 is 19.1 Å². The number of likely N-dealkylation sites (N-methyl/N-ethyl adjacent to an activating group) is 1. The summed E-state index contributed by atoms with van der Waals surface area (Å²) < 4.78 is 21.5. The number of carbonyl (C=O) groups is 1. The molecule has 0 aliphatic heterocycles. The molecule has 0 aliphatic rings. The molecule has 0 saturated carbocycles. The third kappa shape index (κ3) is 3.72. The average molecular weight is 368 g/mol. The maximum Gasteiger partial charge on any atom is 0.305 e. The van der Waals surface area contributed by atoms with Crippen LogP contribution in [-0.2, 0) is 4.79 Å². The van der Waals surface area contributed by atoms with Crippen LogP contribution in [0.25, 0.3) is 17.2 Å². The van der Waals surface area contributed by atoms with Gasteiger partial charge in [-0.2, -0.15) is 4.98 Å². The number of hydrogen-bond acceptors (Lipinski definition) is 6. The van der Waals surface area contributed by atoms with Crippen molar-refractivity contribution in [3.63, 3.8) is 0 Å². The Labute approximate surface area is 156 Å². The number of para-hydroxylation sites is 2. The molecule has 0 saturated heterocycles. The molecule has 7 nitrogen and oxygen atoms in total. The van der Waals surface area contributed by atoms with E-state index in [-0.39, 0.29) is 11.9 Å². The first-order valence-electron chi connectivity index (χ1n) is 8.18. The van der Waals surface area contributed by atoms with Crippen LogP contribution in [0.1, 0.15) is 5.56 Å². The Morgan fingerprint density at radius 1 is 1.07 bits per heavy atom. The zero-order valence-corrected chi connectivity index (χ0v) is 15.6. The van der Waals surface area contributed by atoms with Crippen molar-refractivity contribution < 1.29 is 23.4 Å². The van der Waals surface area contributed by atoms with Crippen LogP contribution in [0, 0.1) is 0 Å². The smallest absolute Gasteiger partial charge is 0.305 e. The van der Waals surface area contributed by atoms with Gasteiger partial charge in [-0.05, 0) is 35.9 Å². The van der Waals surface area contributed by atoms with Crippen molar-refractivity contribution in [2.24, 2.45) is 0 Å². The minimum atomic E-state index is -0.282. The van der Waals surface area contributed by atoms with E-state index in [1.807, 2.05) is 18.2 Å². The lowest BCUT2D eigenvalue weighted by Gasteiger charge is -2.13. The quantitative estimate of drug-likeness (QED) is 0.620. The predicted octanol–water partition coefficient (Wildman–Crippen LogP) is 3.53. The Hall–Kier alpha value is -3.48. The summed E-state index contributed by atoms with van der Waals surface area (Å²) in [6.07, 6.45) is 3.08. The summed E-state index contributed by atoms with van der Waals surface area (Å²) in [6, 6.07) is 11.1. The molecule has 1 aromatic heterocycles. The Bertz CT molecular complexity index is 935. The standard InChI is InChI=1S/C20H20N2O5/c1-22(20-21-14-7-5-6-8-15(14)27-20)18(23)10-9-13-11-16(24-2)19(26-4)17(12-13)25-3/h5-12H,1-4H3/b10-9+. The monoisotopic (exact) mass is 368 g/mol. The van der Waals surface area contributed by atoms with Crippen molar-refractivity contribution in [2.45, 2.75) is 0 Å². The molecule has 0 radical (unpaired) electrons. The maximum atomic E-state index is 12.5. The van der Waals surface area contributed by atoms with Crippen molar-refractivity contribution in [1.29, 1.82) is 0 Å². The predicted molar refractivity (Wildman–Crippen MR) is 103 cm³/mol. The second-order valence-electron chi connectivity index (χ2n) is 5.65. The molecule has 27 heavy (non-hydrogen) atoms. The average Bonchev–Trinajstić information content (AvgIpc) is 3.14. The first-order valence-corrected chi connectivity index (χ1v) is 8.18. The molecule has 1 amide bonds. The summed E-state index contributed by atoms with van der Waals surface area (Å²) >= 11 is 0. The molecule has 0 unspecified atom stereocenters. The van der Waals surface area contributed by atoms with E-state index in [4.69, 9.17) is 18.6 Å². The van der Waals surface area contributed by atoms with E-state index < -0.39 is 0 Å². The molecular weight excluding hydrogens is 348 g/mol. The number of methoxy groups -OCH3 is 3. The second kappa shape index (κ2) is 7.82. The van der Waals surface area contributed by atoms with E-state index in [0.717, 1.165) is 5.56 Å². The van der Waals surface area contributed by atoms with E-state index in [0.29, 0.717) is 28.3 Å². The minimum Gasteiger partial charge on any atom is -0.493 e. The first kappa shape index (κ1) is 18.3. The number of ether oxygens (including phenoxy) is 3. The van der Waals surface area contributed by atoms with Crippen LogP contribution >= 0.6 is 0 Å². The van der Waals surface area contributed by atoms with E-state index in [9.17, 15) is 4.79 Å². The SMILES string of the molecule is COc1cc(/C=C/C(=O)N(C)c2nc3ccccc3o2)cc(OC)c1OC. The topological polar surface area (TPSA) is 74.0 Å². The van der Waals surface area contributed by atoms with E-state index in [2.05, 4.69) is 4.98 Å². The van der Waals surface area contributed by atoms with Gasteiger partial charge in [-0.1, -0.05) is 12.1 Å². The molecule has 0 spiro atoms. The van der Waals surface area contributed by atoms with Crippen molar-refractivity contribution in [2.75, 3.05) is 33.3 Å². The number of aromatic nitrogens is 1. The van der Waals surface area contributed by atoms with Crippen LogP contribution in [0.4, 0.5) is 6.01 Å². The lowest BCUT2D eigenvalue weighted by molar-refractivity contribution is -0.114. The van der Waals surface area contributed by atoms with Crippen LogP contribution in [-0.4, -0.2) is 39.3 Å². The number of rotatable bonds is 6. The van der Waals surface area contributed by atoms with Gasteiger partial charge < -0.3 is 18.6 Å². The fourth-order valence-corrected chi connectivity index (χ4v) is 2.57. The Morgan fingerprint density at radius 2 is 1.74 bits per heavy atom. The summed E-state index contributed by atoms with van der Waals surface area (Å²) in [6.45, 7) is 0. The lowest BCUT2D eigenvalue weighted by Crippen LogP contribution is -2.24. The summed E-state index contributed by atoms with van der Waals surface area (Å²) in [5.41, 5.74) is 2.05. The third-order valence-corrected chi connectivity index (χ3v) is 4.01. The van der Waals surface area contributed by atoms with Crippen molar-refractivity contribution >= 4 is 29.1 Å². The number of benzene rings is 2. The number of fused-ring (bicyclic) bond motifs is 1. The summed E-state index contributed by atoms with van der Waals surface area (Å²) in [5.74, 6) is 1.23. The van der Waals surface area contributed by atoms with E-state index in [1.54, 1.807) is 31.3 Å². The van der Waals surface area contributed by atoms with Gasteiger partial charge in [0.2, 0.25) is 5.75 Å². The fourth-order valence-electron chi connectivity index (χ4n) is 2.57. The molecule has 7 heteroatoms. The molecule has 140 valence electrons. The molecule has 2 aromatic carbocycles. The Morgan fingerprint density at radius 3 is 2.33 bits per heavy atom. The molecular formula is C20H20N2O5. The molecule has 3 rings (SSSR count). The van der Waals surface area contributed by atoms with Crippen LogP contribution in [0.3, 0.4) is 0 Å².